The van der Waals surface area contributed by atoms with Gasteiger partial charge >= 0.3 is 0 Å². The van der Waals surface area contributed by atoms with E-state index < -0.39 is 0 Å². The minimum absolute atomic E-state index is 0.366. The minimum Gasteiger partial charge on any atom is -0.399 e. The van der Waals surface area contributed by atoms with Gasteiger partial charge in [0.25, 0.3) is 0 Å². The lowest BCUT2D eigenvalue weighted by atomic mass is 10.1. The van der Waals surface area contributed by atoms with Gasteiger partial charge in [0.05, 0.1) is 5.69 Å². The molecule has 15 heavy (non-hydrogen) atoms. The Bertz CT molecular complexity index is 477. The maximum Gasteiger partial charge on any atom is 0.131 e. The number of nitrogens with zero attached hydrogens (tertiary/aromatic N) is 1. The normalized spacial score (nSPS) is 10.3. The molecule has 0 saturated heterocycles. The summed E-state index contributed by atoms with van der Waals surface area (Å²) in [4.78, 5) is 4.17. The first-order chi connectivity index (χ1) is 7.16. The Labute approximate surface area is 97.7 Å². The predicted molar refractivity (Wildman–Crippen MR) is 64.1 cm³/mol. The predicted octanol–water partition coefficient (Wildman–Crippen LogP) is 3.64. The molecule has 1 aromatic carbocycles. The number of nitrogen functional groups attached to an aromatic ring is 1. The molecule has 2 N–H and O–H groups in total. The van der Waals surface area contributed by atoms with Gasteiger partial charge in [-0.15, -0.1) is 0 Å². The van der Waals surface area contributed by atoms with Crippen LogP contribution in [0.1, 0.15) is 0 Å². The van der Waals surface area contributed by atoms with Crippen molar-refractivity contribution in [1.29, 1.82) is 0 Å². The van der Waals surface area contributed by atoms with Crippen molar-refractivity contribution in [2.45, 2.75) is 0 Å². The van der Waals surface area contributed by atoms with Crippen LogP contribution in [0.3, 0.4) is 0 Å². The minimum atomic E-state index is 0.366. The number of halogens is 2. The molecule has 2 nitrogen and oxygen atoms in total. The van der Waals surface area contributed by atoms with Gasteiger partial charge in [-0.25, -0.2) is 4.98 Å². The number of hydrogen-bond donors (Lipinski definition) is 1. The summed E-state index contributed by atoms with van der Waals surface area (Å²) in [5, 5.41) is 0.997. The average molecular weight is 239 g/mol. The number of benzene rings is 1. The van der Waals surface area contributed by atoms with E-state index in [2.05, 4.69) is 4.98 Å². The third-order valence-electron chi connectivity index (χ3n) is 1.97. The Morgan fingerprint density at radius 1 is 1.07 bits per heavy atom. The Morgan fingerprint density at radius 3 is 2.47 bits per heavy atom. The molecule has 0 aliphatic rings. The molecule has 0 atom stereocenters. The van der Waals surface area contributed by atoms with Gasteiger partial charge in [-0.2, -0.15) is 0 Å². The SMILES string of the molecule is Nc1cc(Cl)nc(-c2ccccc2Cl)c1. The lowest BCUT2D eigenvalue weighted by Gasteiger charge is -2.04. The van der Waals surface area contributed by atoms with Crippen molar-refractivity contribution in [3.63, 3.8) is 0 Å². The smallest absolute Gasteiger partial charge is 0.131 e. The van der Waals surface area contributed by atoms with Crippen molar-refractivity contribution in [1.82, 2.24) is 4.98 Å². The Balaban J connectivity index is 2.59. The van der Waals surface area contributed by atoms with E-state index in [0.29, 0.717) is 21.6 Å². The summed E-state index contributed by atoms with van der Waals surface area (Å²) >= 11 is 11.9. The molecule has 0 fully saturated rings. The van der Waals surface area contributed by atoms with Gasteiger partial charge in [0, 0.05) is 16.3 Å². The van der Waals surface area contributed by atoms with Gasteiger partial charge in [-0.3, -0.25) is 0 Å². The number of nitrogens with two attached hydrogens (primary N) is 1. The van der Waals surface area contributed by atoms with Gasteiger partial charge in [-0.1, -0.05) is 41.4 Å². The first-order valence-corrected chi connectivity index (χ1v) is 5.10. The maximum absolute atomic E-state index is 6.04. The summed E-state index contributed by atoms with van der Waals surface area (Å²) in [6.45, 7) is 0. The van der Waals surface area contributed by atoms with Crippen molar-refractivity contribution in [3.8, 4) is 11.3 Å². The standard InChI is InChI=1S/C11H8Cl2N2/c12-9-4-2-1-3-8(9)10-5-7(14)6-11(13)15-10/h1-6H,(H2,14,15). The Hall–Kier alpha value is -1.25. The van der Waals surface area contributed by atoms with E-state index in [1.807, 2.05) is 18.2 Å². The van der Waals surface area contributed by atoms with E-state index in [-0.39, 0.29) is 0 Å². The molecule has 0 aliphatic carbocycles. The van der Waals surface area contributed by atoms with Crippen molar-refractivity contribution in [3.05, 3.63) is 46.6 Å². The van der Waals surface area contributed by atoms with Crippen LogP contribution in [0.25, 0.3) is 11.3 Å². The molecule has 0 unspecified atom stereocenters. The monoisotopic (exact) mass is 238 g/mol. The summed E-state index contributed by atoms with van der Waals surface area (Å²) in [6.07, 6.45) is 0. The highest BCUT2D eigenvalue weighted by atomic mass is 35.5. The van der Waals surface area contributed by atoms with Gasteiger partial charge < -0.3 is 5.73 Å². The highest BCUT2D eigenvalue weighted by molar-refractivity contribution is 6.33. The fraction of sp³-hybridized carbons (Fsp3) is 0. The number of aromatic nitrogens is 1. The molecule has 2 aromatic rings. The van der Waals surface area contributed by atoms with Crippen molar-refractivity contribution in [2.75, 3.05) is 5.73 Å². The molecule has 0 aliphatic heterocycles. The zero-order valence-corrected chi connectivity index (χ0v) is 9.26. The first kappa shape index (κ1) is 10.3. The summed E-state index contributed by atoms with van der Waals surface area (Å²) in [7, 11) is 0. The summed E-state index contributed by atoms with van der Waals surface area (Å²) < 4.78 is 0. The van der Waals surface area contributed by atoms with Crippen LogP contribution in [0.5, 0.6) is 0 Å². The lowest BCUT2D eigenvalue weighted by Crippen LogP contribution is -1.90. The molecule has 4 heteroatoms. The number of pyridine rings is 1. The molecule has 0 saturated carbocycles. The topological polar surface area (TPSA) is 38.9 Å². The van der Waals surface area contributed by atoms with Crippen LogP contribution in [0.15, 0.2) is 36.4 Å². The van der Waals surface area contributed by atoms with E-state index in [1.165, 1.54) is 0 Å². The number of rotatable bonds is 1. The van der Waals surface area contributed by atoms with E-state index in [0.717, 1.165) is 5.56 Å². The zero-order chi connectivity index (χ0) is 10.8. The van der Waals surface area contributed by atoms with E-state index in [1.54, 1.807) is 18.2 Å². The highest BCUT2D eigenvalue weighted by Crippen LogP contribution is 2.28. The second kappa shape index (κ2) is 4.09. The molecule has 0 amide bonds. The lowest BCUT2D eigenvalue weighted by molar-refractivity contribution is 1.33. The fourth-order valence-corrected chi connectivity index (χ4v) is 1.77. The summed E-state index contributed by atoms with van der Waals surface area (Å²) in [5.74, 6) is 0. The van der Waals surface area contributed by atoms with E-state index in [4.69, 9.17) is 28.9 Å². The van der Waals surface area contributed by atoms with E-state index in [9.17, 15) is 0 Å². The van der Waals surface area contributed by atoms with Gasteiger partial charge in [-0.05, 0) is 18.2 Å². The molecule has 76 valence electrons. The van der Waals surface area contributed by atoms with Crippen molar-refractivity contribution >= 4 is 28.9 Å². The van der Waals surface area contributed by atoms with Crippen LogP contribution >= 0.6 is 23.2 Å². The average Bonchev–Trinajstić information content (AvgIpc) is 2.16. The maximum atomic E-state index is 6.04. The highest BCUT2D eigenvalue weighted by Gasteiger charge is 2.05. The molecule has 0 radical (unpaired) electrons. The van der Waals surface area contributed by atoms with Crippen LogP contribution in [0.2, 0.25) is 10.2 Å². The zero-order valence-electron chi connectivity index (χ0n) is 7.74. The molecular formula is C11H8Cl2N2. The van der Waals surface area contributed by atoms with E-state index >= 15 is 0 Å². The summed E-state index contributed by atoms with van der Waals surface area (Å²) in [6, 6.07) is 10.8. The Morgan fingerprint density at radius 2 is 1.80 bits per heavy atom. The summed E-state index contributed by atoms with van der Waals surface area (Å²) in [5.41, 5.74) is 7.77. The quantitative estimate of drug-likeness (QED) is 0.771. The second-order valence-electron chi connectivity index (χ2n) is 3.09. The molecule has 0 spiro atoms. The largest absolute Gasteiger partial charge is 0.399 e. The van der Waals surface area contributed by atoms with Gasteiger partial charge in [0.2, 0.25) is 0 Å². The van der Waals surface area contributed by atoms with Gasteiger partial charge in [0.15, 0.2) is 0 Å². The number of anilines is 1. The second-order valence-corrected chi connectivity index (χ2v) is 3.88. The van der Waals surface area contributed by atoms with Crippen molar-refractivity contribution < 1.29 is 0 Å². The van der Waals surface area contributed by atoms with Crippen LogP contribution in [0, 0.1) is 0 Å². The number of hydrogen-bond acceptors (Lipinski definition) is 2. The van der Waals surface area contributed by atoms with Crippen LogP contribution in [0.4, 0.5) is 5.69 Å². The molecule has 1 heterocycles. The third kappa shape index (κ3) is 2.22. The van der Waals surface area contributed by atoms with Crippen LogP contribution < -0.4 is 5.73 Å². The Kier molecular flexibility index (Phi) is 2.80. The molecule has 0 bridgehead atoms. The fourth-order valence-electron chi connectivity index (χ4n) is 1.32. The van der Waals surface area contributed by atoms with Crippen LogP contribution in [-0.2, 0) is 0 Å². The molecule has 1 aromatic heterocycles. The third-order valence-corrected chi connectivity index (χ3v) is 2.49. The van der Waals surface area contributed by atoms with Crippen molar-refractivity contribution in [2.24, 2.45) is 0 Å². The first-order valence-electron chi connectivity index (χ1n) is 4.35. The van der Waals surface area contributed by atoms with Gasteiger partial charge in [0.1, 0.15) is 5.15 Å². The molecular weight excluding hydrogens is 231 g/mol. The molecule has 2 rings (SSSR count). The van der Waals surface area contributed by atoms with Crippen LogP contribution in [-0.4, -0.2) is 4.98 Å².